The predicted molar refractivity (Wildman–Crippen MR) is 287 cm³/mol. The maximum atomic E-state index is 13.9. The Morgan fingerprint density at radius 2 is 1.45 bits per heavy atom. The zero-order valence-electron chi connectivity index (χ0n) is 45.3. The molecule has 454 valence electrons. The smallest absolute Gasteiger partial charge is 0.494 e. The molecule has 4 aromatic rings. The number of hydrogen-bond acceptors (Lipinski definition) is 20. The molecule has 32 heteroatoms. The molecule has 1 aromatic heterocycles. The van der Waals surface area contributed by atoms with Crippen LogP contribution >= 0.6 is 7.82 Å². The molecule has 0 aliphatic carbocycles. The van der Waals surface area contributed by atoms with Crippen molar-refractivity contribution in [3.8, 4) is 11.5 Å². The van der Waals surface area contributed by atoms with E-state index >= 15 is 0 Å². The van der Waals surface area contributed by atoms with E-state index in [-0.39, 0.29) is 88.7 Å². The normalized spacial score (nSPS) is 14.1. The van der Waals surface area contributed by atoms with E-state index in [1.54, 1.807) is 30.5 Å². The molecule has 3 atom stereocenters. The molecule has 0 radical (unpaired) electrons. The Morgan fingerprint density at radius 3 is 2.06 bits per heavy atom. The van der Waals surface area contributed by atoms with Crippen LogP contribution in [0.1, 0.15) is 65.2 Å². The molecule has 27 nitrogen and oxygen atoms in total. The van der Waals surface area contributed by atoms with Gasteiger partial charge in [0, 0.05) is 63.8 Å². The number of benzene rings is 3. The maximum absolute atomic E-state index is 13.9. The van der Waals surface area contributed by atoms with Gasteiger partial charge in [-0.1, -0.05) is 18.2 Å². The van der Waals surface area contributed by atoms with Crippen LogP contribution in [-0.2, 0) is 75.5 Å². The summed E-state index contributed by atoms with van der Waals surface area (Å²) in [6, 6.07) is 10.3. The third-order valence-corrected chi connectivity index (χ3v) is 14.0. The van der Waals surface area contributed by atoms with Crippen LogP contribution in [0.15, 0.2) is 76.9 Å². The van der Waals surface area contributed by atoms with Crippen molar-refractivity contribution in [3.63, 3.8) is 0 Å². The number of fused-ring (bicyclic) bond motifs is 1. The lowest BCUT2D eigenvalue weighted by Crippen LogP contribution is -2.51. The number of imidazole rings is 1. The number of ether oxygens (including phenoxy) is 4. The lowest BCUT2D eigenvalue weighted by molar-refractivity contribution is -0.286. The van der Waals surface area contributed by atoms with Crippen molar-refractivity contribution in [1.82, 2.24) is 30.6 Å². The minimum atomic E-state index is -5.59. The number of nitrogens with zero attached hydrogens (tertiary/aromatic N) is 2. The fraction of sp³-hybridized carbons (Fsp3) is 0.451. The van der Waals surface area contributed by atoms with Crippen LogP contribution in [0.3, 0.4) is 0 Å². The van der Waals surface area contributed by atoms with Crippen molar-refractivity contribution in [3.05, 3.63) is 94.8 Å². The zero-order valence-corrected chi connectivity index (χ0v) is 47.0. The highest BCUT2D eigenvalue weighted by molar-refractivity contribution is 7.89. The first-order valence-corrected chi connectivity index (χ1v) is 28.7. The number of halogens is 3. The number of amides is 3. The summed E-state index contributed by atoms with van der Waals surface area (Å²) >= 11 is 0. The minimum absolute atomic E-state index is 0.0131. The number of nitrogens with two attached hydrogens (primary N) is 1. The molecule has 5 rings (SSSR count). The first-order valence-electron chi connectivity index (χ1n) is 25.7. The van der Waals surface area contributed by atoms with Gasteiger partial charge < -0.3 is 55.5 Å². The summed E-state index contributed by atoms with van der Waals surface area (Å²) in [5.41, 5.74) is 7.51. The number of nitrogens with one attached hydrogen (secondary N) is 6. The number of aryl methyl sites for hydroxylation is 2. The van der Waals surface area contributed by atoms with Crippen LogP contribution in [0.25, 0.3) is 0 Å². The zero-order chi connectivity index (χ0) is 60.7. The lowest BCUT2D eigenvalue weighted by Gasteiger charge is -2.22. The number of hydrogen-bond donors (Lipinski definition) is 9. The topological polar surface area (TPSA) is 386 Å². The van der Waals surface area contributed by atoms with Crippen molar-refractivity contribution in [2.75, 3.05) is 71.2 Å². The highest BCUT2D eigenvalue weighted by Crippen LogP contribution is 2.37. The van der Waals surface area contributed by atoms with Crippen LogP contribution in [0.5, 0.6) is 11.5 Å². The summed E-state index contributed by atoms with van der Waals surface area (Å²) in [4.78, 5) is 112. The van der Waals surface area contributed by atoms with Gasteiger partial charge >= 0.3 is 25.9 Å². The molecule has 3 aromatic carbocycles. The number of alkyl halides is 3. The Labute approximate surface area is 474 Å². The van der Waals surface area contributed by atoms with E-state index in [0.29, 0.717) is 82.6 Å². The van der Waals surface area contributed by atoms with Gasteiger partial charge in [-0.15, -0.1) is 0 Å². The third kappa shape index (κ3) is 22.4. The van der Waals surface area contributed by atoms with Crippen LogP contribution in [-0.4, -0.2) is 153 Å². The van der Waals surface area contributed by atoms with E-state index in [4.69, 9.17) is 34.5 Å². The van der Waals surface area contributed by atoms with Crippen molar-refractivity contribution in [1.29, 1.82) is 0 Å². The number of Topliss-reactive ketones (excluding diaryl/α,β-unsaturated/α-hetero) is 1. The number of anilines is 1. The van der Waals surface area contributed by atoms with Crippen LogP contribution < -0.4 is 41.0 Å². The first-order chi connectivity index (χ1) is 39.3. The van der Waals surface area contributed by atoms with Gasteiger partial charge in [0.1, 0.15) is 23.3 Å². The molecule has 0 bridgehead atoms. The van der Waals surface area contributed by atoms with Gasteiger partial charge in [0.2, 0.25) is 21.8 Å². The largest absolute Gasteiger partial charge is 0.524 e. The average Bonchev–Trinajstić information content (AvgIpc) is 3.32. The molecule has 2 heterocycles. The molecular weight excluding hydrogens is 1150 g/mol. The molecule has 0 saturated heterocycles. The summed E-state index contributed by atoms with van der Waals surface area (Å²) in [5, 5.41) is 10.8. The number of aliphatic imine (C=N–C) groups is 1. The van der Waals surface area contributed by atoms with Gasteiger partial charge in [0.05, 0.1) is 55.6 Å². The molecule has 0 spiro atoms. The number of phosphoric acid groups is 1. The van der Waals surface area contributed by atoms with Gasteiger partial charge in [-0.3, -0.25) is 29.0 Å². The molecule has 1 aliphatic rings. The van der Waals surface area contributed by atoms with Gasteiger partial charge in [0.15, 0.2) is 11.7 Å². The number of rotatable bonds is 34. The van der Waals surface area contributed by atoms with Crippen LogP contribution in [0, 0.1) is 19.8 Å². The first kappa shape index (κ1) is 66.5. The van der Waals surface area contributed by atoms with Gasteiger partial charge in [-0.2, -0.15) is 17.9 Å². The lowest BCUT2D eigenvalue weighted by atomic mass is 9.89. The summed E-state index contributed by atoms with van der Waals surface area (Å²) < 4.78 is 106. The molecule has 0 saturated carbocycles. The van der Waals surface area contributed by atoms with E-state index in [2.05, 4.69) is 50.5 Å². The number of phosphoric ester groups is 1. The third-order valence-electron chi connectivity index (χ3n) is 11.8. The second-order valence-electron chi connectivity index (χ2n) is 18.4. The Hall–Kier alpha value is -7.35. The average molecular weight is 1210 g/mol. The minimum Gasteiger partial charge on any atom is -0.494 e. The fourth-order valence-corrected chi connectivity index (χ4v) is 9.85. The Morgan fingerprint density at radius 1 is 0.819 bits per heavy atom. The van der Waals surface area contributed by atoms with Gasteiger partial charge in [-0.05, 0) is 105 Å². The van der Waals surface area contributed by atoms with E-state index in [1.807, 2.05) is 4.72 Å². The number of ketones is 1. The van der Waals surface area contributed by atoms with Crippen molar-refractivity contribution in [2.45, 2.75) is 82.6 Å². The SMILES string of the molecule is Cc1cc(OCCCC(=O)NCCCOCCOCCOCCCNC(=O)C(N)Cc2ccc(OP(=O)(O)O)cc2)cc(C)c1S(=O)(=O)NC(CNC(=O)C1=Nc2cc(CNc3ncc[nH]3)ccc2C(=O)C1C)C(=O)OOC(=O)C(F)(F)F. The van der Waals surface area contributed by atoms with E-state index in [0.717, 1.165) is 0 Å². The molecule has 10 N–H and O–H groups in total. The van der Waals surface area contributed by atoms with Crippen molar-refractivity contribution >= 4 is 70.6 Å². The summed E-state index contributed by atoms with van der Waals surface area (Å²) in [6.07, 6.45) is -0.788. The number of carbonyl (C=O) groups excluding carboxylic acids is 6. The number of aromatic nitrogens is 2. The van der Waals surface area contributed by atoms with Gasteiger partial charge in [0.25, 0.3) is 5.91 Å². The highest BCUT2D eigenvalue weighted by Gasteiger charge is 2.44. The second kappa shape index (κ2) is 31.9. The number of sulfonamides is 1. The van der Waals surface area contributed by atoms with Crippen LogP contribution in [0.4, 0.5) is 24.8 Å². The fourth-order valence-electron chi connectivity index (χ4n) is 7.82. The molecule has 3 unspecified atom stereocenters. The predicted octanol–water partition coefficient (Wildman–Crippen LogP) is 2.83. The van der Waals surface area contributed by atoms with E-state index < -0.39 is 72.2 Å². The summed E-state index contributed by atoms with van der Waals surface area (Å²) in [5.74, 6) is -7.35. The quantitative estimate of drug-likeness (QED) is 0.0140. The number of H-pyrrole nitrogens is 1. The summed E-state index contributed by atoms with van der Waals surface area (Å²) in [6.45, 7) is 6.22. The van der Waals surface area contributed by atoms with E-state index in [1.165, 1.54) is 57.3 Å². The highest BCUT2D eigenvalue weighted by atomic mass is 32.2. The number of aromatic amines is 1. The second-order valence-corrected chi connectivity index (χ2v) is 21.3. The van der Waals surface area contributed by atoms with E-state index in [9.17, 15) is 54.9 Å². The number of carbonyl (C=O) groups is 6. The monoisotopic (exact) mass is 1210 g/mol. The van der Waals surface area contributed by atoms with Crippen molar-refractivity contribution < 1.29 is 98.0 Å². The molecule has 0 fully saturated rings. The van der Waals surface area contributed by atoms with Crippen molar-refractivity contribution in [2.24, 2.45) is 16.6 Å². The van der Waals surface area contributed by atoms with Gasteiger partial charge in [-0.25, -0.2) is 42.3 Å². The molecule has 1 aliphatic heterocycles. The maximum Gasteiger partial charge on any atom is 0.524 e. The standard InChI is InChI=1S/C51H65F3N9O18PS/c1-31-25-37(78-20-4-7-42(64)56-14-5-18-75-21-23-77-24-22-76-19-6-15-57-46(66)39(55)27-34-8-11-36(12-9-34)81-82(70,71)72)26-32(2)45(31)83(73,74)63-41(48(68)79-80-49(69)51(52,53)54)30-60-47(67)43-33(3)44(65)38-13-10-35(28-40(38)62-43)29-61-50-58-16-17-59-50/h8-13,16-17,25-26,28,33,39,41,63H,4-7,14-15,18-24,27,29-30,55H2,1-3H3,(H,56,64)(H,57,66)(H,60,67)(H2,58,59,61)(H2,70,71,72). The Balaban J connectivity index is 0.971. The Kier molecular flexibility index (Phi) is 25.5. The Bertz CT molecular complexity index is 3030. The molecular formula is C51H65F3N9O18PS. The molecule has 83 heavy (non-hydrogen) atoms. The van der Waals surface area contributed by atoms with Crippen LogP contribution in [0.2, 0.25) is 0 Å². The molecule has 3 amide bonds. The summed E-state index contributed by atoms with van der Waals surface area (Å²) in [7, 11) is -9.47.